The lowest BCUT2D eigenvalue weighted by molar-refractivity contribution is 0.262. The fraction of sp³-hybridized carbons (Fsp3) is 0.273. The molecular formula is C22H23FN4O2. The molecule has 2 aromatic carbocycles. The minimum Gasteiger partial charge on any atom is -0.497 e. The van der Waals surface area contributed by atoms with Crippen LogP contribution in [-0.4, -0.2) is 31.2 Å². The van der Waals surface area contributed by atoms with E-state index in [2.05, 4.69) is 20.5 Å². The third kappa shape index (κ3) is 4.39. The monoisotopic (exact) mass is 394 g/mol. The van der Waals surface area contributed by atoms with Crippen molar-refractivity contribution in [2.45, 2.75) is 19.3 Å². The average molecular weight is 394 g/mol. The van der Waals surface area contributed by atoms with Crippen molar-refractivity contribution in [2.24, 2.45) is 0 Å². The summed E-state index contributed by atoms with van der Waals surface area (Å²) in [6.45, 7) is 1.90. The van der Waals surface area contributed by atoms with Crippen LogP contribution in [-0.2, 0) is 0 Å². The zero-order valence-corrected chi connectivity index (χ0v) is 16.2. The normalized spacial score (nSPS) is 13.9. The van der Waals surface area contributed by atoms with Gasteiger partial charge in [-0.05, 0) is 55.7 Å². The number of halogens is 1. The number of hydrogen-bond acceptors (Lipinski definition) is 4. The summed E-state index contributed by atoms with van der Waals surface area (Å²) in [7, 11) is 1.56. The van der Waals surface area contributed by atoms with E-state index in [1.54, 1.807) is 37.4 Å². The number of rotatable bonds is 4. The fourth-order valence-corrected chi connectivity index (χ4v) is 3.55. The number of pyridine rings is 1. The van der Waals surface area contributed by atoms with Gasteiger partial charge >= 0.3 is 6.03 Å². The Hall–Kier alpha value is -3.35. The van der Waals surface area contributed by atoms with E-state index in [0.717, 1.165) is 31.7 Å². The quantitative estimate of drug-likeness (QED) is 0.652. The average Bonchev–Trinajstić information content (AvgIpc) is 2.74. The molecule has 4 rings (SSSR count). The first-order valence-corrected chi connectivity index (χ1v) is 9.70. The van der Waals surface area contributed by atoms with E-state index >= 15 is 0 Å². The van der Waals surface area contributed by atoms with Crippen LogP contribution in [0.15, 0.2) is 48.5 Å². The summed E-state index contributed by atoms with van der Waals surface area (Å²) in [6, 6.07) is 13.3. The van der Waals surface area contributed by atoms with Crippen molar-refractivity contribution in [3.8, 4) is 5.75 Å². The van der Waals surface area contributed by atoms with Gasteiger partial charge in [-0.2, -0.15) is 0 Å². The third-order valence-corrected chi connectivity index (χ3v) is 5.00. The zero-order valence-electron chi connectivity index (χ0n) is 16.2. The summed E-state index contributed by atoms with van der Waals surface area (Å²) in [5.74, 6) is 0.973. The van der Waals surface area contributed by atoms with Crippen LogP contribution in [0.5, 0.6) is 5.75 Å². The van der Waals surface area contributed by atoms with Crippen molar-refractivity contribution in [3.63, 3.8) is 0 Å². The highest BCUT2D eigenvalue weighted by Crippen LogP contribution is 2.26. The first-order chi connectivity index (χ1) is 14.1. The molecule has 1 aliphatic heterocycles. The summed E-state index contributed by atoms with van der Waals surface area (Å²) >= 11 is 0. The van der Waals surface area contributed by atoms with Crippen molar-refractivity contribution >= 4 is 34.1 Å². The van der Waals surface area contributed by atoms with Crippen LogP contribution in [0.25, 0.3) is 10.9 Å². The standard InChI is InChI=1S/C22H23FN4O2/c1-29-18-7-5-6-16(13-18)24-22(28)25-17-12-15-8-9-20(26-21(15)19(23)14-17)27-10-3-2-4-11-27/h5-9,12-14H,2-4,10-11H2,1H3,(H2,24,25,28). The van der Waals surface area contributed by atoms with Gasteiger partial charge in [-0.15, -0.1) is 0 Å². The fourth-order valence-electron chi connectivity index (χ4n) is 3.55. The largest absolute Gasteiger partial charge is 0.497 e. The van der Waals surface area contributed by atoms with Crippen molar-refractivity contribution in [2.75, 3.05) is 35.7 Å². The highest BCUT2D eigenvalue weighted by molar-refractivity contribution is 6.01. The van der Waals surface area contributed by atoms with Crippen LogP contribution >= 0.6 is 0 Å². The molecule has 0 bridgehead atoms. The number of aromatic nitrogens is 1. The second-order valence-corrected chi connectivity index (χ2v) is 7.06. The number of urea groups is 1. The van der Waals surface area contributed by atoms with Gasteiger partial charge < -0.3 is 20.3 Å². The molecule has 1 aliphatic rings. The minimum absolute atomic E-state index is 0.312. The lowest BCUT2D eigenvalue weighted by Gasteiger charge is -2.27. The molecule has 1 fully saturated rings. The highest BCUT2D eigenvalue weighted by Gasteiger charge is 2.14. The minimum atomic E-state index is -0.463. The molecule has 1 saturated heterocycles. The summed E-state index contributed by atoms with van der Waals surface area (Å²) in [5, 5.41) is 6.02. The van der Waals surface area contributed by atoms with Gasteiger partial charge in [-0.3, -0.25) is 0 Å². The SMILES string of the molecule is COc1cccc(NC(=O)Nc2cc(F)c3nc(N4CCCCC4)ccc3c2)c1. The summed E-state index contributed by atoms with van der Waals surface area (Å²) in [4.78, 5) is 19.0. The van der Waals surface area contributed by atoms with E-state index in [0.29, 0.717) is 28.0 Å². The first kappa shape index (κ1) is 19.0. The molecule has 0 unspecified atom stereocenters. The topological polar surface area (TPSA) is 66.5 Å². The Labute approximate surface area is 168 Å². The van der Waals surface area contributed by atoms with Crippen molar-refractivity contribution in [1.82, 2.24) is 4.98 Å². The van der Waals surface area contributed by atoms with E-state index in [9.17, 15) is 9.18 Å². The molecule has 150 valence electrons. The Morgan fingerprint density at radius 1 is 1.03 bits per heavy atom. The number of nitrogens with one attached hydrogen (secondary N) is 2. The molecule has 0 aliphatic carbocycles. The lowest BCUT2D eigenvalue weighted by Crippen LogP contribution is -2.30. The number of benzene rings is 2. The van der Waals surface area contributed by atoms with E-state index in [4.69, 9.17) is 4.74 Å². The van der Waals surface area contributed by atoms with Gasteiger partial charge in [0.15, 0.2) is 5.82 Å². The van der Waals surface area contributed by atoms with Crippen LogP contribution in [0, 0.1) is 5.82 Å². The van der Waals surface area contributed by atoms with Gasteiger partial charge in [0.05, 0.1) is 7.11 Å². The number of ether oxygens (including phenoxy) is 1. The number of anilines is 3. The van der Waals surface area contributed by atoms with Gasteiger partial charge in [0.25, 0.3) is 0 Å². The number of carbonyl (C=O) groups is 1. The van der Waals surface area contributed by atoms with Gasteiger partial charge in [-0.25, -0.2) is 14.2 Å². The van der Waals surface area contributed by atoms with Crippen LogP contribution in [0.1, 0.15) is 19.3 Å². The molecule has 2 N–H and O–H groups in total. The maximum Gasteiger partial charge on any atom is 0.323 e. The van der Waals surface area contributed by atoms with E-state index < -0.39 is 11.8 Å². The van der Waals surface area contributed by atoms with Crippen LogP contribution in [0.4, 0.5) is 26.4 Å². The Kier molecular flexibility index (Phi) is 5.46. The van der Waals surface area contributed by atoms with Crippen LogP contribution in [0.3, 0.4) is 0 Å². The molecule has 29 heavy (non-hydrogen) atoms. The van der Waals surface area contributed by atoms with E-state index in [1.807, 2.05) is 12.1 Å². The van der Waals surface area contributed by atoms with Crippen molar-refractivity contribution < 1.29 is 13.9 Å². The van der Waals surface area contributed by atoms with Crippen LogP contribution < -0.4 is 20.3 Å². The number of hydrogen-bond donors (Lipinski definition) is 2. The number of piperidine rings is 1. The molecule has 7 heteroatoms. The molecule has 1 aromatic heterocycles. The van der Waals surface area contributed by atoms with E-state index in [-0.39, 0.29) is 0 Å². The summed E-state index contributed by atoms with van der Waals surface area (Å²) in [5.41, 5.74) is 1.26. The Bertz CT molecular complexity index is 1030. The van der Waals surface area contributed by atoms with Crippen molar-refractivity contribution in [1.29, 1.82) is 0 Å². The zero-order chi connectivity index (χ0) is 20.2. The van der Waals surface area contributed by atoms with Gasteiger partial charge in [0.2, 0.25) is 0 Å². The van der Waals surface area contributed by atoms with E-state index in [1.165, 1.54) is 12.5 Å². The molecule has 0 radical (unpaired) electrons. The molecule has 0 saturated carbocycles. The molecule has 6 nitrogen and oxygen atoms in total. The second kappa shape index (κ2) is 8.34. The number of carbonyl (C=O) groups excluding carboxylic acids is 1. The molecule has 2 heterocycles. The lowest BCUT2D eigenvalue weighted by atomic mass is 10.1. The molecule has 0 spiro atoms. The maximum absolute atomic E-state index is 14.7. The number of fused-ring (bicyclic) bond motifs is 1. The van der Waals surface area contributed by atoms with Crippen molar-refractivity contribution in [3.05, 3.63) is 54.3 Å². The van der Waals surface area contributed by atoms with Crippen LogP contribution in [0.2, 0.25) is 0 Å². The highest BCUT2D eigenvalue weighted by atomic mass is 19.1. The number of methoxy groups -OCH3 is 1. The number of nitrogens with zero attached hydrogens (tertiary/aromatic N) is 2. The second-order valence-electron chi connectivity index (χ2n) is 7.06. The predicted molar refractivity (Wildman–Crippen MR) is 113 cm³/mol. The summed E-state index contributed by atoms with van der Waals surface area (Å²) < 4.78 is 19.8. The third-order valence-electron chi connectivity index (χ3n) is 5.00. The number of amides is 2. The van der Waals surface area contributed by atoms with Gasteiger partial charge in [0, 0.05) is 35.9 Å². The van der Waals surface area contributed by atoms with Gasteiger partial charge in [-0.1, -0.05) is 6.07 Å². The summed E-state index contributed by atoms with van der Waals surface area (Å²) in [6.07, 6.45) is 3.49. The molecular weight excluding hydrogens is 371 g/mol. The Morgan fingerprint density at radius 2 is 1.83 bits per heavy atom. The predicted octanol–water partition coefficient (Wildman–Crippen LogP) is 5.02. The Balaban J connectivity index is 1.51. The Morgan fingerprint density at radius 3 is 2.62 bits per heavy atom. The smallest absolute Gasteiger partial charge is 0.323 e. The molecule has 3 aromatic rings. The molecule has 2 amide bonds. The van der Waals surface area contributed by atoms with Gasteiger partial charge in [0.1, 0.15) is 17.1 Å². The first-order valence-electron chi connectivity index (χ1n) is 9.70. The molecule has 0 atom stereocenters. The maximum atomic E-state index is 14.7.